The zero-order valence-electron chi connectivity index (χ0n) is 18.8. The second kappa shape index (κ2) is 9.58. The number of anilines is 1. The van der Waals surface area contributed by atoms with E-state index in [4.69, 9.17) is 0 Å². The zero-order valence-corrected chi connectivity index (χ0v) is 19.6. The molecule has 1 saturated carbocycles. The Hall–Kier alpha value is -2.45. The zero-order chi connectivity index (χ0) is 22.7. The van der Waals surface area contributed by atoms with E-state index in [9.17, 15) is 13.2 Å². The number of aromatic nitrogens is 1. The lowest BCUT2D eigenvalue weighted by molar-refractivity contribution is -0.126. The second-order valence-electron chi connectivity index (χ2n) is 8.97. The predicted octanol–water partition coefficient (Wildman–Crippen LogP) is 3.18. The third kappa shape index (κ3) is 5.13. The van der Waals surface area contributed by atoms with E-state index >= 15 is 0 Å². The third-order valence-corrected chi connectivity index (χ3v) is 8.15. The molecule has 1 atom stereocenters. The molecule has 172 valence electrons. The number of carbonyl (C=O) groups is 1. The summed E-state index contributed by atoms with van der Waals surface area (Å²) >= 11 is 0. The summed E-state index contributed by atoms with van der Waals surface area (Å²) in [4.78, 5) is 19.4. The quantitative estimate of drug-likeness (QED) is 0.697. The molecular formula is C24H32N4O3S. The van der Waals surface area contributed by atoms with Gasteiger partial charge in [-0.2, -0.15) is 0 Å². The van der Waals surface area contributed by atoms with Crippen LogP contribution in [0.1, 0.15) is 56.3 Å². The lowest BCUT2D eigenvalue weighted by Gasteiger charge is -2.30. The van der Waals surface area contributed by atoms with Crippen LogP contribution in [-0.4, -0.2) is 38.9 Å². The average molecular weight is 457 g/mol. The number of benzene rings is 1. The van der Waals surface area contributed by atoms with Crippen LogP contribution in [0.4, 0.5) is 5.69 Å². The predicted molar refractivity (Wildman–Crippen MR) is 125 cm³/mol. The van der Waals surface area contributed by atoms with Crippen molar-refractivity contribution < 1.29 is 13.2 Å². The highest BCUT2D eigenvalue weighted by Gasteiger charge is 2.30. The van der Waals surface area contributed by atoms with Crippen LogP contribution < -0.4 is 14.9 Å². The van der Waals surface area contributed by atoms with E-state index in [0.29, 0.717) is 30.6 Å². The van der Waals surface area contributed by atoms with E-state index in [0.717, 1.165) is 30.8 Å². The van der Waals surface area contributed by atoms with Gasteiger partial charge in [-0.25, -0.2) is 13.1 Å². The number of aryl methyl sites for hydroxylation is 1. The van der Waals surface area contributed by atoms with Gasteiger partial charge in [0.2, 0.25) is 15.9 Å². The molecule has 7 nitrogen and oxygen atoms in total. The van der Waals surface area contributed by atoms with Crippen LogP contribution in [-0.2, 0) is 21.2 Å². The molecule has 2 aliphatic rings. The largest absolute Gasteiger partial charge is 0.374 e. The Morgan fingerprint density at radius 2 is 1.94 bits per heavy atom. The molecule has 0 spiro atoms. The van der Waals surface area contributed by atoms with Gasteiger partial charge in [0.1, 0.15) is 0 Å². The molecule has 1 aliphatic heterocycles. The van der Waals surface area contributed by atoms with Crippen molar-refractivity contribution in [3.05, 3.63) is 53.9 Å². The van der Waals surface area contributed by atoms with Crippen LogP contribution in [0.3, 0.4) is 0 Å². The van der Waals surface area contributed by atoms with Crippen molar-refractivity contribution in [3.8, 4) is 0 Å². The van der Waals surface area contributed by atoms with Crippen molar-refractivity contribution in [2.24, 2.45) is 5.92 Å². The van der Waals surface area contributed by atoms with Gasteiger partial charge in [-0.3, -0.25) is 9.78 Å². The highest BCUT2D eigenvalue weighted by molar-refractivity contribution is 7.89. The van der Waals surface area contributed by atoms with Crippen molar-refractivity contribution in [3.63, 3.8) is 0 Å². The molecule has 1 fully saturated rings. The number of carbonyl (C=O) groups excluding carboxylic acids is 1. The maximum Gasteiger partial charge on any atom is 0.240 e. The summed E-state index contributed by atoms with van der Waals surface area (Å²) in [7, 11) is -1.59. The summed E-state index contributed by atoms with van der Waals surface area (Å²) in [5.41, 5.74) is 3.03. The maximum absolute atomic E-state index is 13.0. The Kier molecular flexibility index (Phi) is 6.81. The highest BCUT2D eigenvalue weighted by Crippen LogP contribution is 2.30. The first-order chi connectivity index (χ1) is 15.3. The van der Waals surface area contributed by atoms with Gasteiger partial charge in [0.25, 0.3) is 0 Å². The van der Waals surface area contributed by atoms with Crippen molar-refractivity contribution in [1.29, 1.82) is 0 Å². The first-order valence-electron chi connectivity index (χ1n) is 11.4. The molecule has 2 aromatic rings. The summed E-state index contributed by atoms with van der Waals surface area (Å²) in [6.45, 7) is 2.87. The van der Waals surface area contributed by atoms with Crippen LogP contribution in [0.25, 0.3) is 0 Å². The smallest absolute Gasteiger partial charge is 0.240 e. The molecule has 8 heteroatoms. The number of amides is 1. The molecule has 1 aliphatic carbocycles. The second-order valence-corrected chi connectivity index (χ2v) is 10.7. The van der Waals surface area contributed by atoms with Crippen LogP contribution in [0.2, 0.25) is 0 Å². The molecule has 4 rings (SSSR count). The van der Waals surface area contributed by atoms with E-state index in [1.165, 1.54) is 5.56 Å². The normalized spacial score (nSPS) is 22.1. The minimum atomic E-state index is -3.60. The molecule has 2 heterocycles. The fraction of sp³-hybridized carbons (Fsp3) is 0.500. The van der Waals surface area contributed by atoms with Crippen molar-refractivity contribution >= 4 is 21.6 Å². The van der Waals surface area contributed by atoms with Gasteiger partial charge in [-0.05, 0) is 75.3 Å². The molecule has 1 unspecified atom stereocenters. The number of hydrogen-bond donors (Lipinski definition) is 2. The number of fused-ring (bicyclic) bond motifs is 1. The van der Waals surface area contributed by atoms with Crippen LogP contribution >= 0.6 is 0 Å². The van der Waals surface area contributed by atoms with Crippen molar-refractivity contribution in [2.75, 3.05) is 18.5 Å². The Balaban J connectivity index is 1.32. The number of sulfonamides is 1. The molecule has 1 amide bonds. The summed E-state index contributed by atoms with van der Waals surface area (Å²) in [6.07, 6.45) is 6.43. The molecule has 1 aromatic carbocycles. The summed E-state index contributed by atoms with van der Waals surface area (Å²) in [5, 5.41) is 3.04. The van der Waals surface area contributed by atoms with E-state index in [1.54, 1.807) is 18.3 Å². The van der Waals surface area contributed by atoms with E-state index in [1.807, 2.05) is 38.2 Å². The van der Waals surface area contributed by atoms with Crippen LogP contribution in [0, 0.1) is 5.92 Å². The summed E-state index contributed by atoms with van der Waals surface area (Å²) in [5.74, 6) is -0.0819. The first-order valence-corrected chi connectivity index (χ1v) is 12.9. The van der Waals surface area contributed by atoms with Gasteiger partial charge in [0.05, 0.1) is 16.6 Å². The standard InChI is InChI=1S/C24H32N4O3S/c1-17(22-7-3-4-14-25-22)26-24(29)19-8-11-20(12-9-19)27-32(30,31)21-13-10-18-6-5-15-28(2)23(18)16-21/h3-4,7,10,13-14,16-17,19-20,27H,5-6,8-9,11-12,15H2,1-2H3,(H,26,29)/t17?,19-,20-. The van der Waals surface area contributed by atoms with Gasteiger partial charge in [-0.1, -0.05) is 12.1 Å². The van der Waals surface area contributed by atoms with Crippen molar-refractivity contribution in [2.45, 2.75) is 62.4 Å². The van der Waals surface area contributed by atoms with Crippen LogP contribution in [0.15, 0.2) is 47.5 Å². The van der Waals surface area contributed by atoms with Crippen LogP contribution in [0.5, 0.6) is 0 Å². The maximum atomic E-state index is 13.0. The van der Waals surface area contributed by atoms with E-state index < -0.39 is 10.0 Å². The highest BCUT2D eigenvalue weighted by atomic mass is 32.2. The Labute approximate surface area is 190 Å². The van der Waals surface area contributed by atoms with Gasteiger partial charge >= 0.3 is 0 Å². The number of nitrogens with one attached hydrogen (secondary N) is 2. The van der Waals surface area contributed by atoms with Gasteiger partial charge in [0.15, 0.2) is 0 Å². The van der Waals surface area contributed by atoms with E-state index in [2.05, 4.69) is 19.9 Å². The first kappa shape index (κ1) is 22.7. The molecular weight excluding hydrogens is 424 g/mol. The minimum absolute atomic E-state index is 0.0159. The fourth-order valence-corrected chi connectivity index (χ4v) is 6.03. The molecule has 1 aromatic heterocycles. The SMILES string of the molecule is CC(NC(=O)[C@H]1CC[C@H](NS(=O)(=O)c2ccc3c(c2)N(C)CCC3)CC1)c1ccccn1. The van der Waals surface area contributed by atoms with E-state index in [-0.39, 0.29) is 23.9 Å². The topological polar surface area (TPSA) is 91.4 Å². The van der Waals surface area contributed by atoms with Crippen molar-refractivity contribution in [1.82, 2.24) is 15.0 Å². The molecule has 0 saturated heterocycles. The number of pyridine rings is 1. The number of hydrogen-bond acceptors (Lipinski definition) is 5. The third-order valence-electron chi connectivity index (χ3n) is 6.63. The minimum Gasteiger partial charge on any atom is -0.374 e. The fourth-order valence-electron chi connectivity index (χ4n) is 4.70. The molecule has 2 N–H and O–H groups in total. The Bertz CT molecular complexity index is 1050. The lowest BCUT2D eigenvalue weighted by Crippen LogP contribution is -2.41. The number of rotatable bonds is 6. The summed E-state index contributed by atoms with van der Waals surface area (Å²) in [6, 6.07) is 10.8. The Morgan fingerprint density at radius 3 is 2.66 bits per heavy atom. The summed E-state index contributed by atoms with van der Waals surface area (Å²) < 4.78 is 28.9. The lowest BCUT2D eigenvalue weighted by atomic mass is 9.86. The Morgan fingerprint density at radius 1 is 1.16 bits per heavy atom. The monoisotopic (exact) mass is 456 g/mol. The average Bonchev–Trinajstić information content (AvgIpc) is 2.80. The molecule has 32 heavy (non-hydrogen) atoms. The van der Waals surface area contributed by atoms with Gasteiger partial charge in [0, 0.05) is 37.4 Å². The van der Waals surface area contributed by atoms with Gasteiger partial charge in [-0.15, -0.1) is 0 Å². The molecule has 0 bridgehead atoms. The molecule has 0 radical (unpaired) electrons. The number of nitrogens with zero attached hydrogens (tertiary/aromatic N) is 2. The van der Waals surface area contributed by atoms with Gasteiger partial charge < -0.3 is 10.2 Å².